The maximum atomic E-state index is 14.4. The number of carbonyl (C=O) groups is 5. The molecule has 3 fully saturated rings. The molecule has 2 saturated carbocycles. The summed E-state index contributed by atoms with van der Waals surface area (Å²) in [6.45, 7) is 5.01. The average molecular weight is 712 g/mol. The van der Waals surface area contributed by atoms with E-state index in [0.29, 0.717) is 31.2 Å². The molecule has 1 spiro atoms. The van der Waals surface area contributed by atoms with Gasteiger partial charge >= 0.3 is 6.09 Å². The zero-order chi connectivity index (χ0) is 35.9. The van der Waals surface area contributed by atoms with E-state index < -0.39 is 73.8 Å². The zero-order valence-corrected chi connectivity index (χ0v) is 29.4. The van der Waals surface area contributed by atoms with Crippen LogP contribution in [0, 0.1) is 5.92 Å². The summed E-state index contributed by atoms with van der Waals surface area (Å²) in [5, 5.41) is 9.00. The Morgan fingerprint density at radius 3 is 2.48 bits per heavy atom. The van der Waals surface area contributed by atoms with Crippen molar-refractivity contribution in [1.29, 1.82) is 0 Å². The molecule has 0 bridgehead atoms. The first-order valence-corrected chi connectivity index (χ1v) is 18.9. The molecule has 1 saturated heterocycles. The van der Waals surface area contributed by atoms with Gasteiger partial charge in [0.2, 0.25) is 27.6 Å². The minimum absolute atomic E-state index is 0.0229. The number of hydrogen-bond acceptors (Lipinski definition) is 10. The van der Waals surface area contributed by atoms with Crippen molar-refractivity contribution in [3.05, 3.63) is 48.0 Å². The van der Waals surface area contributed by atoms with Gasteiger partial charge in [-0.1, -0.05) is 60.5 Å². The quantitative estimate of drug-likeness (QED) is 0.294. The van der Waals surface area contributed by atoms with Crippen LogP contribution in [0.2, 0.25) is 0 Å². The van der Waals surface area contributed by atoms with Gasteiger partial charge in [0.15, 0.2) is 5.60 Å². The van der Waals surface area contributed by atoms with Crippen molar-refractivity contribution in [1.82, 2.24) is 20.3 Å². The molecule has 2 aliphatic carbocycles. The van der Waals surface area contributed by atoms with E-state index >= 15 is 0 Å². The molecule has 0 unspecified atom stereocenters. The van der Waals surface area contributed by atoms with Crippen LogP contribution in [0.25, 0.3) is 0 Å². The van der Waals surface area contributed by atoms with Crippen molar-refractivity contribution in [2.45, 2.75) is 119 Å². The minimum Gasteiger partial charge on any atom is -0.444 e. The van der Waals surface area contributed by atoms with Gasteiger partial charge in [0.05, 0.1) is 11.8 Å². The Kier molecular flexibility index (Phi) is 9.57. The Labute approximate surface area is 291 Å². The highest BCUT2D eigenvalue weighted by molar-refractivity contribution is 7.91. The molecule has 1 aromatic rings. The van der Waals surface area contributed by atoms with Crippen molar-refractivity contribution in [2.24, 2.45) is 11.1 Å². The summed E-state index contributed by atoms with van der Waals surface area (Å²) >= 11 is 0. The number of allylic oxidation sites excluding steroid dienone is 1. The normalized spacial score (nSPS) is 30.7. The van der Waals surface area contributed by atoms with Gasteiger partial charge in [-0.3, -0.25) is 23.9 Å². The predicted octanol–water partition coefficient (Wildman–Crippen LogP) is 2.88. The van der Waals surface area contributed by atoms with Crippen LogP contribution < -0.4 is 15.4 Å². The highest BCUT2D eigenvalue weighted by Gasteiger charge is 2.63. The number of amides is 4. The number of nitrogens with one attached hydrogen (secondary N) is 3. The standard InChI is InChI=1S/C35H45N5O9S/c1-33(2,3)48-32(45)36-25-15-11-6-4-5-10-14-23-18-35(23,31(44)39-50(46,47)24-16-17-24)37-29(42)27-20-34(21-40(27)30(25)43)19-26(38-49-34)28(41)22-12-8-7-9-13-22/h7-10,12-14,23-25,27H,4-6,11,15-21H2,1-3H3,(H,36,45)(H,37,42)(H,39,44)/b14-10-/t23-,25+,27+,34-,35-/m1/s1. The topological polar surface area (TPSA) is 190 Å². The first-order chi connectivity index (χ1) is 23.6. The Hall–Kier alpha value is -4.27. The van der Waals surface area contributed by atoms with Gasteiger partial charge in [-0.25, -0.2) is 13.2 Å². The highest BCUT2D eigenvalue weighted by Crippen LogP contribution is 2.47. The fourth-order valence-electron chi connectivity index (χ4n) is 6.93. The Morgan fingerprint density at radius 1 is 1.04 bits per heavy atom. The van der Waals surface area contributed by atoms with Crippen LogP contribution >= 0.6 is 0 Å². The van der Waals surface area contributed by atoms with Gasteiger partial charge in [0.25, 0.3) is 5.91 Å². The van der Waals surface area contributed by atoms with Crippen LogP contribution in [0.5, 0.6) is 0 Å². The van der Waals surface area contributed by atoms with E-state index in [-0.39, 0.29) is 43.7 Å². The van der Waals surface area contributed by atoms with E-state index in [4.69, 9.17) is 9.57 Å². The van der Waals surface area contributed by atoms with Crippen LogP contribution in [-0.4, -0.2) is 89.2 Å². The molecule has 0 aromatic heterocycles. The molecular weight excluding hydrogens is 666 g/mol. The highest BCUT2D eigenvalue weighted by atomic mass is 32.2. The third-order valence-corrected chi connectivity index (χ3v) is 11.6. The number of oxime groups is 1. The Morgan fingerprint density at radius 2 is 1.78 bits per heavy atom. The van der Waals surface area contributed by atoms with Gasteiger partial charge in [-0.15, -0.1) is 0 Å². The molecule has 3 N–H and O–H groups in total. The first kappa shape index (κ1) is 35.6. The summed E-state index contributed by atoms with van der Waals surface area (Å²) in [4.78, 5) is 75.8. The SMILES string of the molecule is CC(C)(C)OC(=O)N[C@H]1CCCCC/C=C\[C@@H]2C[C@@]2(C(=O)NS(=O)(=O)C2CC2)NC(=O)[C@@H]2C[C@]3(CC(C(=O)c4ccccc4)=NO3)CN2C1=O. The monoisotopic (exact) mass is 711 g/mol. The van der Waals surface area contributed by atoms with E-state index in [9.17, 15) is 32.4 Å². The third-order valence-electron chi connectivity index (χ3n) is 9.81. The summed E-state index contributed by atoms with van der Waals surface area (Å²) in [5.74, 6) is -2.83. The van der Waals surface area contributed by atoms with E-state index in [0.717, 1.165) is 12.8 Å². The van der Waals surface area contributed by atoms with Crippen molar-refractivity contribution in [3.63, 3.8) is 0 Å². The lowest BCUT2D eigenvalue weighted by Crippen LogP contribution is -2.58. The minimum atomic E-state index is -3.90. The molecule has 1 aromatic carbocycles. The third kappa shape index (κ3) is 7.72. The van der Waals surface area contributed by atoms with Crippen molar-refractivity contribution >= 4 is 45.3 Å². The van der Waals surface area contributed by atoms with Crippen LogP contribution in [0.3, 0.4) is 0 Å². The van der Waals surface area contributed by atoms with Gasteiger partial charge in [0.1, 0.15) is 28.9 Å². The van der Waals surface area contributed by atoms with E-state index in [2.05, 4.69) is 20.5 Å². The molecule has 4 amide bonds. The summed E-state index contributed by atoms with van der Waals surface area (Å²) < 4.78 is 33.2. The second-order valence-corrected chi connectivity index (χ2v) is 17.0. The maximum absolute atomic E-state index is 14.4. The molecule has 5 aliphatic rings. The second kappa shape index (κ2) is 13.5. The fourth-order valence-corrected chi connectivity index (χ4v) is 8.29. The van der Waals surface area contributed by atoms with E-state index in [1.165, 1.54) is 4.90 Å². The van der Waals surface area contributed by atoms with Gasteiger partial charge < -0.3 is 25.1 Å². The van der Waals surface area contributed by atoms with Crippen molar-refractivity contribution in [3.8, 4) is 0 Å². The van der Waals surface area contributed by atoms with Crippen LogP contribution in [0.4, 0.5) is 4.79 Å². The fraction of sp³-hybridized carbons (Fsp3) is 0.600. The first-order valence-electron chi connectivity index (χ1n) is 17.3. The number of Topliss-reactive ketones (excluding diaryl/α,β-unsaturated/α-hetero) is 1. The molecule has 270 valence electrons. The van der Waals surface area contributed by atoms with Crippen LogP contribution in [0.15, 0.2) is 47.6 Å². The summed E-state index contributed by atoms with van der Waals surface area (Å²) in [7, 11) is -3.90. The lowest BCUT2D eigenvalue weighted by atomic mass is 9.91. The molecule has 6 rings (SSSR count). The molecule has 50 heavy (non-hydrogen) atoms. The van der Waals surface area contributed by atoms with Crippen LogP contribution in [-0.2, 0) is 34.0 Å². The van der Waals surface area contributed by atoms with Crippen LogP contribution in [0.1, 0.15) is 95.3 Å². The molecule has 14 nitrogen and oxygen atoms in total. The number of rotatable bonds is 6. The molecule has 15 heteroatoms. The molecule has 5 atom stereocenters. The lowest BCUT2D eigenvalue weighted by Gasteiger charge is -2.30. The maximum Gasteiger partial charge on any atom is 0.408 e. The predicted molar refractivity (Wildman–Crippen MR) is 181 cm³/mol. The van der Waals surface area contributed by atoms with Crippen molar-refractivity contribution in [2.75, 3.05) is 6.54 Å². The lowest BCUT2D eigenvalue weighted by molar-refractivity contribution is -0.141. The summed E-state index contributed by atoms with van der Waals surface area (Å²) in [6.07, 6.45) is 7.13. The number of benzene rings is 1. The molecular formula is C35H45N5O9S. The summed E-state index contributed by atoms with van der Waals surface area (Å²) in [6, 6.07) is 6.34. The number of carbonyl (C=O) groups excluding carboxylic acids is 5. The molecule has 3 heterocycles. The summed E-state index contributed by atoms with van der Waals surface area (Å²) in [5.41, 5.74) is -3.03. The Bertz CT molecular complexity index is 1720. The number of alkyl carbamates (subject to hydrolysis) is 1. The average Bonchev–Trinajstić information content (AvgIpc) is 3.96. The van der Waals surface area contributed by atoms with Gasteiger partial charge in [-0.2, -0.15) is 0 Å². The number of nitrogens with zero attached hydrogens (tertiary/aromatic N) is 2. The number of ketones is 1. The Balaban J connectivity index is 1.30. The van der Waals surface area contributed by atoms with Gasteiger partial charge in [0, 0.05) is 24.3 Å². The van der Waals surface area contributed by atoms with E-state index in [1.807, 2.05) is 12.2 Å². The molecule has 3 aliphatic heterocycles. The zero-order valence-electron chi connectivity index (χ0n) is 28.6. The largest absolute Gasteiger partial charge is 0.444 e. The number of fused-ring (bicyclic) bond motifs is 2. The second-order valence-electron chi connectivity index (χ2n) is 15.1. The number of sulfonamides is 1. The number of ether oxygens (including phenoxy) is 1. The van der Waals surface area contributed by atoms with E-state index in [1.54, 1.807) is 51.1 Å². The van der Waals surface area contributed by atoms with Crippen molar-refractivity contribution < 1.29 is 42.0 Å². The van der Waals surface area contributed by atoms with Gasteiger partial charge in [-0.05, 0) is 59.3 Å². The molecule has 0 radical (unpaired) electrons. The smallest absolute Gasteiger partial charge is 0.408 e. The number of hydrogen-bond donors (Lipinski definition) is 3.